The van der Waals surface area contributed by atoms with E-state index in [-0.39, 0.29) is 11.8 Å². The molecule has 3 atom stereocenters. The molecule has 2 aliphatic rings. The third-order valence-corrected chi connectivity index (χ3v) is 5.33. The molecule has 0 spiro atoms. The molecule has 2 aromatic heterocycles. The molecule has 12 heteroatoms. The van der Waals surface area contributed by atoms with Gasteiger partial charge in [-0.1, -0.05) is 0 Å². The Hall–Kier alpha value is -3.15. The molecule has 174 valence electrons. The lowest BCUT2D eigenvalue weighted by molar-refractivity contribution is -0.192. The van der Waals surface area contributed by atoms with Crippen LogP contribution in [0.2, 0.25) is 0 Å². The Balaban J connectivity index is 0.000000360. The summed E-state index contributed by atoms with van der Waals surface area (Å²) < 4.78 is 42.7. The average Bonchev–Trinajstić information content (AvgIpc) is 3.43. The maximum Gasteiger partial charge on any atom is 0.490 e. The molecule has 0 aromatic carbocycles. The molecule has 0 unspecified atom stereocenters. The fourth-order valence-electron chi connectivity index (χ4n) is 3.84. The first-order chi connectivity index (χ1) is 15.2. The van der Waals surface area contributed by atoms with E-state index < -0.39 is 12.1 Å². The van der Waals surface area contributed by atoms with Crippen molar-refractivity contribution < 1.29 is 37.0 Å². The molecule has 0 radical (unpaired) electrons. The van der Waals surface area contributed by atoms with Gasteiger partial charge in [-0.15, -0.1) is 0 Å². The Morgan fingerprint density at radius 3 is 2.53 bits per heavy atom. The summed E-state index contributed by atoms with van der Waals surface area (Å²) in [6.07, 6.45) is 0.534. The second-order valence-corrected chi connectivity index (χ2v) is 7.54. The highest BCUT2D eigenvalue weighted by atomic mass is 19.4. The number of carbonyl (C=O) groups excluding carboxylic acids is 1. The van der Waals surface area contributed by atoms with Crippen molar-refractivity contribution in [1.29, 1.82) is 0 Å². The van der Waals surface area contributed by atoms with Crippen molar-refractivity contribution in [2.24, 2.45) is 17.8 Å². The van der Waals surface area contributed by atoms with Crippen LogP contribution in [0, 0.1) is 17.8 Å². The minimum atomic E-state index is -5.08. The lowest BCUT2D eigenvalue weighted by Crippen LogP contribution is -2.38. The van der Waals surface area contributed by atoms with Gasteiger partial charge in [-0.25, -0.2) is 14.8 Å². The van der Waals surface area contributed by atoms with Crippen molar-refractivity contribution in [1.82, 2.24) is 15.3 Å². The highest BCUT2D eigenvalue weighted by Crippen LogP contribution is 2.36. The summed E-state index contributed by atoms with van der Waals surface area (Å²) in [4.78, 5) is 32.1. The second-order valence-electron chi connectivity index (χ2n) is 7.54. The van der Waals surface area contributed by atoms with Gasteiger partial charge in [-0.3, -0.25) is 4.79 Å². The minimum Gasteiger partial charge on any atom is -0.475 e. The first-order valence-electron chi connectivity index (χ1n) is 9.93. The molecule has 4 heterocycles. The van der Waals surface area contributed by atoms with Crippen LogP contribution in [0.4, 0.5) is 19.1 Å². The Kier molecular flexibility index (Phi) is 7.67. The third kappa shape index (κ3) is 6.42. The predicted octanol–water partition coefficient (Wildman–Crippen LogP) is 2.11. The molecule has 9 nitrogen and oxygen atoms in total. The molecular weight excluding hydrogens is 433 g/mol. The van der Waals surface area contributed by atoms with Crippen molar-refractivity contribution >= 4 is 17.8 Å². The standard InChI is InChI=1S/C18H22N4O3.C2HF3O2/c23-17(21-8-15-3-1-6-25-15)7-13-11-24-12-14-9-22(10-16(13)14)18-19-4-2-5-20-18;3-2(4,5)1(6)7/h1-6,13-14,16H,7-12H2,(H,21,23);(H,6,7)/t13-,14-,16+;/m1./s1. The lowest BCUT2D eigenvalue weighted by Gasteiger charge is -2.32. The Morgan fingerprint density at radius 2 is 1.91 bits per heavy atom. The molecule has 2 aromatic rings. The van der Waals surface area contributed by atoms with E-state index in [4.69, 9.17) is 19.1 Å². The van der Waals surface area contributed by atoms with Crippen molar-refractivity contribution in [3.05, 3.63) is 42.6 Å². The molecular formula is C20H23F3N4O5. The summed E-state index contributed by atoms with van der Waals surface area (Å²) in [7, 11) is 0. The van der Waals surface area contributed by atoms with E-state index in [1.165, 1.54) is 0 Å². The number of anilines is 1. The van der Waals surface area contributed by atoms with E-state index in [0.29, 0.717) is 31.4 Å². The fourth-order valence-corrected chi connectivity index (χ4v) is 3.84. The SMILES string of the molecule is O=C(C[C@@H]1COC[C@H]2CN(c3ncccn3)C[C@@H]12)NCc1ccco1.O=C(O)C(F)(F)F. The smallest absolute Gasteiger partial charge is 0.475 e. The van der Waals surface area contributed by atoms with E-state index in [9.17, 15) is 18.0 Å². The molecule has 2 aliphatic heterocycles. The molecule has 0 aliphatic carbocycles. The number of fused-ring (bicyclic) bond motifs is 1. The van der Waals surface area contributed by atoms with Crippen LogP contribution in [0.3, 0.4) is 0 Å². The average molecular weight is 456 g/mol. The number of hydrogen-bond acceptors (Lipinski definition) is 7. The van der Waals surface area contributed by atoms with Crippen LogP contribution < -0.4 is 10.2 Å². The van der Waals surface area contributed by atoms with Crippen LogP contribution in [0.25, 0.3) is 0 Å². The molecule has 2 fully saturated rings. The van der Waals surface area contributed by atoms with Crippen LogP contribution in [-0.4, -0.2) is 59.4 Å². The van der Waals surface area contributed by atoms with Gasteiger partial charge < -0.3 is 24.5 Å². The van der Waals surface area contributed by atoms with Crippen molar-refractivity contribution in [3.8, 4) is 0 Å². The number of carbonyl (C=O) groups is 2. The number of amides is 1. The van der Waals surface area contributed by atoms with Gasteiger partial charge in [0.15, 0.2) is 0 Å². The minimum absolute atomic E-state index is 0.0417. The Morgan fingerprint density at radius 1 is 1.19 bits per heavy atom. The number of carboxylic acid groups (broad SMARTS) is 1. The summed E-state index contributed by atoms with van der Waals surface area (Å²) in [5.41, 5.74) is 0. The zero-order chi connectivity index (χ0) is 23.1. The van der Waals surface area contributed by atoms with Gasteiger partial charge in [-0.05, 0) is 30.0 Å². The van der Waals surface area contributed by atoms with Crippen LogP contribution in [0.5, 0.6) is 0 Å². The number of furan rings is 1. The Bertz CT molecular complexity index is 879. The summed E-state index contributed by atoms with van der Waals surface area (Å²) >= 11 is 0. The number of aromatic nitrogens is 2. The van der Waals surface area contributed by atoms with Gasteiger partial charge in [0.2, 0.25) is 11.9 Å². The Labute approximate surface area is 181 Å². The van der Waals surface area contributed by atoms with E-state index in [1.807, 2.05) is 18.2 Å². The number of nitrogens with zero attached hydrogens (tertiary/aromatic N) is 3. The molecule has 0 saturated carbocycles. The third-order valence-electron chi connectivity index (χ3n) is 5.33. The number of ether oxygens (including phenoxy) is 1. The zero-order valence-electron chi connectivity index (χ0n) is 17.0. The predicted molar refractivity (Wildman–Crippen MR) is 104 cm³/mol. The number of rotatable bonds is 5. The summed E-state index contributed by atoms with van der Waals surface area (Å²) in [6, 6.07) is 5.50. The van der Waals surface area contributed by atoms with Crippen molar-refractivity contribution in [3.63, 3.8) is 0 Å². The van der Waals surface area contributed by atoms with Gasteiger partial charge in [0.1, 0.15) is 5.76 Å². The lowest BCUT2D eigenvalue weighted by atomic mass is 9.81. The first-order valence-corrected chi connectivity index (χ1v) is 9.93. The van der Waals surface area contributed by atoms with Gasteiger partial charge >= 0.3 is 12.1 Å². The van der Waals surface area contributed by atoms with Gasteiger partial charge in [0, 0.05) is 37.8 Å². The van der Waals surface area contributed by atoms with Gasteiger partial charge in [-0.2, -0.15) is 13.2 Å². The summed E-state index contributed by atoms with van der Waals surface area (Å²) in [6.45, 7) is 3.59. The van der Waals surface area contributed by atoms with E-state index >= 15 is 0 Å². The number of nitrogens with one attached hydrogen (secondary N) is 1. The molecule has 0 bridgehead atoms. The van der Waals surface area contributed by atoms with Gasteiger partial charge in [0.25, 0.3) is 0 Å². The van der Waals surface area contributed by atoms with E-state index in [1.54, 1.807) is 18.7 Å². The quantitative estimate of drug-likeness (QED) is 0.703. The number of halogens is 3. The number of alkyl halides is 3. The largest absolute Gasteiger partial charge is 0.490 e. The van der Waals surface area contributed by atoms with Crippen LogP contribution >= 0.6 is 0 Å². The molecule has 4 rings (SSSR count). The summed E-state index contributed by atoms with van der Waals surface area (Å²) in [5.74, 6) is -0.0960. The fraction of sp³-hybridized carbons (Fsp3) is 0.500. The van der Waals surface area contributed by atoms with Crippen LogP contribution in [0.1, 0.15) is 12.2 Å². The van der Waals surface area contributed by atoms with Gasteiger partial charge in [0.05, 0.1) is 26.0 Å². The maximum atomic E-state index is 12.3. The second kappa shape index (κ2) is 10.4. The van der Waals surface area contributed by atoms with Crippen molar-refractivity contribution in [2.75, 3.05) is 31.2 Å². The highest BCUT2D eigenvalue weighted by Gasteiger charge is 2.42. The molecule has 2 N–H and O–H groups in total. The first kappa shape index (κ1) is 23.5. The molecule has 2 saturated heterocycles. The molecule has 1 amide bonds. The number of aliphatic carboxylic acids is 1. The van der Waals surface area contributed by atoms with Crippen LogP contribution in [0.15, 0.2) is 41.3 Å². The molecule has 32 heavy (non-hydrogen) atoms. The highest BCUT2D eigenvalue weighted by molar-refractivity contribution is 5.76. The van der Waals surface area contributed by atoms with E-state index in [0.717, 1.165) is 31.4 Å². The van der Waals surface area contributed by atoms with Crippen molar-refractivity contribution in [2.45, 2.75) is 19.1 Å². The monoisotopic (exact) mass is 456 g/mol. The number of hydrogen-bond donors (Lipinski definition) is 2. The van der Waals surface area contributed by atoms with E-state index in [2.05, 4.69) is 20.2 Å². The summed E-state index contributed by atoms with van der Waals surface area (Å²) in [5, 5.41) is 10.1. The normalized spacial score (nSPS) is 22.5. The maximum absolute atomic E-state index is 12.3. The topological polar surface area (TPSA) is 118 Å². The zero-order valence-corrected chi connectivity index (χ0v) is 17.0. The van der Waals surface area contributed by atoms with Crippen LogP contribution in [-0.2, 0) is 20.9 Å². The number of carboxylic acids is 1.